The summed E-state index contributed by atoms with van der Waals surface area (Å²) in [4.78, 5) is 12.3. The van der Waals surface area contributed by atoms with Crippen LogP contribution in [0.15, 0.2) is 54.1 Å². The molecular formula is C20H20N2O3. The van der Waals surface area contributed by atoms with Crippen molar-refractivity contribution in [3.63, 3.8) is 0 Å². The van der Waals surface area contributed by atoms with Crippen molar-refractivity contribution >= 4 is 17.7 Å². The number of hydrogen-bond donors (Lipinski definition) is 1. The number of anilines is 1. The Labute approximate surface area is 147 Å². The van der Waals surface area contributed by atoms with Crippen LogP contribution in [-0.4, -0.2) is 19.6 Å². The first-order valence-electron chi connectivity index (χ1n) is 7.97. The molecule has 0 radical (unpaired) electrons. The van der Waals surface area contributed by atoms with Crippen LogP contribution < -0.4 is 14.8 Å². The van der Waals surface area contributed by atoms with Gasteiger partial charge in [0.1, 0.15) is 11.6 Å². The summed E-state index contributed by atoms with van der Waals surface area (Å²) in [5.41, 5.74) is 1.33. The molecule has 5 nitrogen and oxygen atoms in total. The maximum Gasteiger partial charge on any atom is 0.266 e. The number of rotatable bonds is 7. The lowest BCUT2D eigenvalue weighted by Gasteiger charge is -2.11. The number of benzene rings is 2. The molecule has 0 fully saturated rings. The number of para-hydroxylation sites is 1. The molecule has 0 atom stereocenters. The van der Waals surface area contributed by atoms with Crippen LogP contribution in [0.2, 0.25) is 0 Å². The lowest BCUT2D eigenvalue weighted by atomic mass is 10.1. The predicted octanol–water partition coefficient (Wildman–Crippen LogP) is 4.03. The molecule has 1 amide bonds. The Morgan fingerprint density at radius 3 is 2.60 bits per heavy atom. The Kier molecular flexibility index (Phi) is 6.61. The normalized spacial score (nSPS) is 10.7. The number of nitrogens with one attached hydrogen (secondary N) is 1. The lowest BCUT2D eigenvalue weighted by Crippen LogP contribution is -2.13. The molecule has 0 unspecified atom stereocenters. The number of methoxy groups -OCH3 is 1. The Morgan fingerprint density at radius 2 is 1.96 bits per heavy atom. The van der Waals surface area contributed by atoms with Gasteiger partial charge >= 0.3 is 0 Å². The van der Waals surface area contributed by atoms with E-state index in [0.29, 0.717) is 29.4 Å². The topological polar surface area (TPSA) is 71.3 Å². The van der Waals surface area contributed by atoms with Gasteiger partial charge in [-0.25, -0.2) is 0 Å². The third-order valence-corrected chi connectivity index (χ3v) is 3.36. The van der Waals surface area contributed by atoms with Gasteiger partial charge in [-0.3, -0.25) is 4.79 Å². The first kappa shape index (κ1) is 18.1. The molecule has 0 aliphatic carbocycles. The van der Waals surface area contributed by atoms with Gasteiger partial charge in [-0.05, 0) is 42.3 Å². The Bertz CT molecular complexity index is 792. The van der Waals surface area contributed by atoms with Crippen molar-refractivity contribution < 1.29 is 14.3 Å². The van der Waals surface area contributed by atoms with Crippen LogP contribution in [0.3, 0.4) is 0 Å². The first-order valence-corrected chi connectivity index (χ1v) is 7.97. The zero-order chi connectivity index (χ0) is 18.1. The van der Waals surface area contributed by atoms with E-state index in [4.69, 9.17) is 9.47 Å². The van der Waals surface area contributed by atoms with Crippen molar-refractivity contribution in [1.82, 2.24) is 0 Å². The highest BCUT2D eigenvalue weighted by Gasteiger charge is 2.11. The molecule has 1 N–H and O–H groups in total. The summed E-state index contributed by atoms with van der Waals surface area (Å²) in [5, 5.41) is 12.0. The largest absolute Gasteiger partial charge is 0.493 e. The third-order valence-electron chi connectivity index (χ3n) is 3.36. The molecule has 0 spiro atoms. The second-order valence-corrected chi connectivity index (χ2v) is 5.25. The van der Waals surface area contributed by atoms with Crippen LogP contribution >= 0.6 is 0 Å². The quantitative estimate of drug-likeness (QED) is 0.612. The summed E-state index contributed by atoms with van der Waals surface area (Å²) in [6, 6.07) is 16.2. The summed E-state index contributed by atoms with van der Waals surface area (Å²) in [5.74, 6) is 0.734. The number of carbonyl (C=O) groups excluding carboxylic acids is 1. The summed E-state index contributed by atoms with van der Waals surface area (Å²) < 4.78 is 10.9. The zero-order valence-electron chi connectivity index (χ0n) is 14.3. The minimum atomic E-state index is -0.458. The predicted molar refractivity (Wildman–Crippen MR) is 97.4 cm³/mol. The average Bonchev–Trinajstić information content (AvgIpc) is 2.65. The molecule has 128 valence electrons. The number of nitriles is 1. The highest BCUT2D eigenvalue weighted by atomic mass is 16.5. The van der Waals surface area contributed by atoms with Crippen LogP contribution in [0.1, 0.15) is 18.9 Å². The summed E-state index contributed by atoms with van der Waals surface area (Å²) in [7, 11) is 1.57. The maximum atomic E-state index is 12.3. The summed E-state index contributed by atoms with van der Waals surface area (Å²) in [6.07, 6.45) is 2.39. The second kappa shape index (κ2) is 9.14. The minimum absolute atomic E-state index is 0.00969. The van der Waals surface area contributed by atoms with Crippen molar-refractivity contribution in [2.24, 2.45) is 0 Å². The molecule has 0 bridgehead atoms. The van der Waals surface area contributed by atoms with E-state index in [-0.39, 0.29) is 5.57 Å². The van der Waals surface area contributed by atoms with Gasteiger partial charge < -0.3 is 14.8 Å². The molecule has 0 aliphatic heterocycles. The molecule has 2 aromatic carbocycles. The van der Waals surface area contributed by atoms with E-state index in [1.54, 1.807) is 37.4 Å². The molecule has 0 aromatic heterocycles. The molecule has 5 heteroatoms. The van der Waals surface area contributed by atoms with Crippen molar-refractivity contribution in [1.29, 1.82) is 5.26 Å². The SMILES string of the molecule is CCCOc1cc(/C=C(\C#N)C(=O)Nc2ccccc2)ccc1OC. The van der Waals surface area contributed by atoms with Gasteiger partial charge in [-0.15, -0.1) is 0 Å². The van der Waals surface area contributed by atoms with Gasteiger partial charge in [0.2, 0.25) is 0 Å². The Morgan fingerprint density at radius 1 is 1.20 bits per heavy atom. The maximum absolute atomic E-state index is 12.3. The van der Waals surface area contributed by atoms with Crippen LogP contribution in [-0.2, 0) is 4.79 Å². The number of carbonyl (C=O) groups is 1. The number of nitrogens with zero attached hydrogens (tertiary/aromatic N) is 1. The fourth-order valence-electron chi connectivity index (χ4n) is 2.14. The van der Waals surface area contributed by atoms with E-state index in [1.165, 1.54) is 6.08 Å². The highest BCUT2D eigenvalue weighted by molar-refractivity contribution is 6.09. The van der Waals surface area contributed by atoms with E-state index in [0.717, 1.165) is 6.42 Å². The van der Waals surface area contributed by atoms with E-state index in [9.17, 15) is 10.1 Å². The van der Waals surface area contributed by atoms with Gasteiger partial charge in [0.05, 0.1) is 13.7 Å². The fraction of sp³-hybridized carbons (Fsp3) is 0.200. The fourth-order valence-corrected chi connectivity index (χ4v) is 2.14. The Hall–Kier alpha value is -3.26. The Balaban J connectivity index is 2.23. The third kappa shape index (κ3) is 5.11. The van der Waals surface area contributed by atoms with E-state index < -0.39 is 5.91 Å². The molecular weight excluding hydrogens is 316 g/mol. The smallest absolute Gasteiger partial charge is 0.266 e. The number of amides is 1. The van der Waals surface area contributed by atoms with Gasteiger partial charge in [-0.1, -0.05) is 31.2 Å². The molecule has 25 heavy (non-hydrogen) atoms. The summed E-state index contributed by atoms with van der Waals surface area (Å²) in [6.45, 7) is 2.57. The molecule has 0 aliphatic rings. The number of hydrogen-bond acceptors (Lipinski definition) is 4. The van der Waals surface area contributed by atoms with Crippen LogP contribution in [0.25, 0.3) is 6.08 Å². The van der Waals surface area contributed by atoms with Crippen molar-refractivity contribution in [3.05, 3.63) is 59.7 Å². The molecule has 0 saturated heterocycles. The second-order valence-electron chi connectivity index (χ2n) is 5.25. The first-order chi connectivity index (χ1) is 12.2. The molecule has 0 heterocycles. The summed E-state index contributed by atoms with van der Waals surface area (Å²) >= 11 is 0. The molecule has 0 saturated carbocycles. The number of ether oxygens (including phenoxy) is 2. The van der Waals surface area contributed by atoms with Crippen LogP contribution in [0.5, 0.6) is 11.5 Å². The average molecular weight is 336 g/mol. The minimum Gasteiger partial charge on any atom is -0.493 e. The van der Waals surface area contributed by atoms with Crippen LogP contribution in [0.4, 0.5) is 5.69 Å². The zero-order valence-corrected chi connectivity index (χ0v) is 14.3. The van der Waals surface area contributed by atoms with E-state index in [2.05, 4.69) is 5.32 Å². The van der Waals surface area contributed by atoms with Crippen molar-refractivity contribution in [3.8, 4) is 17.6 Å². The lowest BCUT2D eigenvalue weighted by molar-refractivity contribution is -0.112. The van der Waals surface area contributed by atoms with E-state index >= 15 is 0 Å². The van der Waals surface area contributed by atoms with Crippen molar-refractivity contribution in [2.75, 3.05) is 19.0 Å². The van der Waals surface area contributed by atoms with Gasteiger partial charge in [0, 0.05) is 5.69 Å². The van der Waals surface area contributed by atoms with Crippen LogP contribution in [0, 0.1) is 11.3 Å². The molecule has 2 aromatic rings. The molecule has 2 rings (SSSR count). The van der Waals surface area contributed by atoms with Gasteiger partial charge in [0.15, 0.2) is 11.5 Å². The monoisotopic (exact) mass is 336 g/mol. The van der Waals surface area contributed by atoms with Gasteiger partial charge in [-0.2, -0.15) is 5.26 Å². The van der Waals surface area contributed by atoms with Crippen molar-refractivity contribution in [2.45, 2.75) is 13.3 Å². The van der Waals surface area contributed by atoms with Gasteiger partial charge in [0.25, 0.3) is 5.91 Å². The van der Waals surface area contributed by atoms with E-state index in [1.807, 2.05) is 31.2 Å². The highest BCUT2D eigenvalue weighted by Crippen LogP contribution is 2.29. The standard InChI is InChI=1S/C20H20N2O3/c1-3-11-25-19-13-15(9-10-18(19)24-2)12-16(14-21)20(23)22-17-7-5-4-6-8-17/h4-10,12-13H,3,11H2,1-2H3,(H,22,23)/b16-12+.